The lowest BCUT2D eigenvalue weighted by atomic mass is 10.2. The van der Waals surface area contributed by atoms with Crippen LogP contribution in [0.3, 0.4) is 0 Å². The molecule has 0 aliphatic carbocycles. The minimum Gasteiger partial charge on any atom is -0.338 e. The van der Waals surface area contributed by atoms with Crippen LogP contribution in [0.1, 0.15) is 12.5 Å². The largest absolute Gasteiger partial charge is 0.338 e. The molecule has 0 bridgehead atoms. The van der Waals surface area contributed by atoms with Crippen LogP contribution in [0.25, 0.3) is 27.7 Å². The maximum absolute atomic E-state index is 4.78. The first-order valence-corrected chi connectivity index (χ1v) is 8.03. The van der Waals surface area contributed by atoms with Crippen molar-refractivity contribution >= 4 is 59.6 Å². The molecule has 0 radical (unpaired) electrons. The molecule has 5 heteroatoms. The first-order valence-electron chi connectivity index (χ1n) is 6.45. The molecule has 3 nitrogen and oxygen atoms in total. The summed E-state index contributed by atoms with van der Waals surface area (Å²) < 4.78 is 4.19. The van der Waals surface area contributed by atoms with Gasteiger partial charge in [0, 0.05) is 20.5 Å². The number of halogens is 2. The van der Waals surface area contributed by atoms with E-state index in [0.29, 0.717) is 0 Å². The summed E-state index contributed by atoms with van der Waals surface area (Å²) >= 11 is 7.14. The molecule has 3 aromatic heterocycles. The van der Waals surface area contributed by atoms with Crippen LogP contribution in [0.5, 0.6) is 0 Å². The van der Waals surface area contributed by atoms with Gasteiger partial charge in [-0.2, -0.15) is 0 Å². The van der Waals surface area contributed by atoms with Gasteiger partial charge in [-0.25, -0.2) is 4.98 Å². The van der Waals surface area contributed by atoms with Crippen molar-refractivity contribution in [1.82, 2.24) is 14.4 Å². The number of aryl methyl sites for hydroxylation is 1. The topological polar surface area (TPSA) is 33.1 Å². The zero-order valence-corrected chi connectivity index (χ0v) is 13.9. The van der Waals surface area contributed by atoms with Crippen LogP contribution < -0.4 is 0 Å². The van der Waals surface area contributed by atoms with Crippen molar-refractivity contribution in [2.24, 2.45) is 0 Å². The number of nitrogens with zero attached hydrogens (tertiary/aromatic N) is 2. The summed E-state index contributed by atoms with van der Waals surface area (Å²) in [6, 6.07) is 8.43. The van der Waals surface area contributed by atoms with Gasteiger partial charge in [-0.3, -0.25) is 4.40 Å². The van der Waals surface area contributed by atoms with Crippen molar-refractivity contribution in [1.29, 1.82) is 0 Å². The van der Waals surface area contributed by atoms with Crippen molar-refractivity contribution < 1.29 is 0 Å². The fraction of sp³-hybridized carbons (Fsp3) is 0.133. The predicted octanol–water partition coefficient (Wildman–Crippen LogP) is 5.06. The highest BCUT2D eigenvalue weighted by molar-refractivity contribution is 9.11. The van der Waals surface area contributed by atoms with Crippen molar-refractivity contribution in [2.75, 3.05) is 0 Å². The summed E-state index contributed by atoms with van der Waals surface area (Å²) in [5, 5.41) is 1.13. The number of aromatic amines is 1. The number of nitrogens with one attached hydrogen (secondary N) is 1. The zero-order chi connectivity index (χ0) is 13.9. The van der Waals surface area contributed by atoms with E-state index in [1.165, 1.54) is 5.56 Å². The number of hydrogen-bond acceptors (Lipinski definition) is 1. The Morgan fingerprint density at radius 3 is 2.90 bits per heavy atom. The molecule has 0 aliphatic rings. The average molecular weight is 393 g/mol. The summed E-state index contributed by atoms with van der Waals surface area (Å²) in [6.45, 7) is 2.16. The van der Waals surface area contributed by atoms with Crippen LogP contribution >= 0.6 is 31.9 Å². The number of benzene rings is 1. The normalized spacial score (nSPS) is 11.9. The molecule has 0 aliphatic heterocycles. The lowest BCUT2D eigenvalue weighted by molar-refractivity contribution is 1.10. The third-order valence-electron chi connectivity index (χ3n) is 3.65. The Balaban J connectivity index is 2.18. The van der Waals surface area contributed by atoms with Crippen molar-refractivity contribution in [3.8, 4) is 0 Å². The van der Waals surface area contributed by atoms with Crippen molar-refractivity contribution in [3.63, 3.8) is 0 Å². The van der Waals surface area contributed by atoms with E-state index in [9.17, 15) is 0 Å². The molecule has 0 spiro atoms. The highest BCUT2D eigenvalue weighted by atomic mass is 79.9. The SMILES string of the molecule is CCc1ccn2c(c1)nc1c3cc(Br)cc(Br)c3[nH]c12. The summed E-state index contributed by atoms with van der Waals surface area (Å²) in [6.07, 6.45) is 3.11. The number of rotatable bonds is 1. The third-order valence-corrected chi connectivity index (χ3v) is 4.74. The summed E-state index contributed by atoms with van der Waals surface area (Å²) in [5.74, 6) is 0. The van der Waals surface area contributed by atoms with Gasteiger partial charge in [-0.1, -0.05) is 22.9 Å². The number of fused-ring (bicyclic) bond motifs is 5. The molecule has 0 fully saturated rings. The van der Waals surface area contributed by atoms with Gasteiger partial charge in [0.1, 0.15) is 16.8 Å². The second kappa shape index (κ2) is 4.33. The smallest absolute Gasteiger partial charge is 0.143 e. The zero-order valence-electron chi connectivity index (χ0n) is 10.7. The summed E-state index contributed by atoms with van der Waals surface area (Å²) in [5.41, 5.74) is 5.42. The first-order chi connectivity index (χ1) is 9.67. The van der Waals surface area contributed by atoms with Gasteiger partial charge in [0.25, 0.3) is 0 Å². The second-order valence-electron chi connectivity index (χ2n) is 4.86. The molecule has 3 heterocycles. The minimum absolute atomic E-state index is 0.989. The van der Waals surface area contributed by atoms with Gasteiger partial charge in [0.2, 0.25) is 0 Å². The first kappa shape index (κ1) is 12.4. The molecule has 4 aromatic rings. The van der Waals surface area contributed by atoms with Gasteiger partial charge in [0.15, 0.2) is 0 Å². The molecule has 20 heavy (non-hydrogen) atoms. The lowest BCUT2D eigenvalue weighted by Gasteiger charge is -1.99. The summed E-state index contributed by atoms with van der Waals surface area (Å²) in [4.78, 5) is 8.25. The van der Waals surface area contributed by atoms with E-state index in [1.807, 2.05) is 6.07 Å². The van der Waals surface area contributed by atoms with Gasteiger partial charge in [0.05, 0.1) is 5.52 Å². The monoisotopic (exact) mass is 391 g/mol. The van der Waals surface area contributed by atoms with Crippen LogP contribution in [0.2, 0.25) is 0 Å². The lowest BCUT2D eigenvalue weighted by Crippen LogP contribution is -1.88. The van der Waals surface area contributed by atoms with E-state index in [0.717, 1.165) is 43.1 Å². The number of imidazole rings is 1. The Kier molecular flexibility index (Phi) is 2.69. The third kappa shape index (κ3) is 1.66. The number of aromatic nitrogens is 3. The van der Waals surface area contributed by atoms with Crippen LogP contribution in [0, 0.1) is 0 Å². The minimum atomic E-state index is 0.989. The van der Waals surface area contributed by atoms with Crippen LogP contribution in [0.15, 0.2) is 39.4 Å². The predicted molar refractivity (Wildman–Crippen MR) is 89.3 cm³/mol. The Morgan fingerprint density at radius 1 is 1.25 bits per heavy atom. The van der Waals surface area contributed by atoms with Crippen LogP contribution in [-0.4, -0.2) is 14.4 Å². The van der Waals surface area contributed by atoms with Crippen LogP contribution in [0.4, 0.5) is 0 Å². The molecular weight excluding hydrogens is 382 g/mol. The quantitative estimate of drug-likeness (QED) is 0.482. The van der Waals surface area contributed by atoms with E-state index in [1.54, 1.807) is 0 Å². The van der Waals surface area contributed by atoms with Gasteiger partial charge in [-0.05, 0) is 52.2 Å². The summed E-state index contributed by atoms with van der Waals surface area (Å²) in [7, 11) is 0. The Labute approximate surface area is 132 Å². The molecule has 0 atom stereocenters. The number of hydrogen-bond donors (Lipinski definition) is 1. The Hall–Kier alpha value is -1.33. The molecule has 0 amide bonds. The number of H-pyrrole nitrogens is 1. The van der Waals surface area contributed by atoms with E-state index < -0.39 is 0 Å². The molecule has 0 saturated heterocycles. The molecule has 0 unspecified atom stereocenters. The molecule has 1 N–H and O–H groups in total. The van der Waals surface area contributed by atoms with E-state index in [-0.39, 0.29) is 0 Å². The maximum Gasteiger partial charge on any atom is 0.143 e. The molecule has 0 saturated carbocycles. The van der Waals surface area contributed by atoms with Crippen molar-refractivity contribution in [2.45, 2.75) is 13.3 Å². The fourth-order valence-corrected chi connectivity index (χ4v) is 3.94. The molecule has 100 valence electrons. The molecular formula is C15H11Br2N3. The molecule has 1 aromatic carbocycles. The van der Waals surface area contributed by atoms with E-state index >= 15 is 0 Å². The standard InChI is InChI=1S/C15H11Br2N3/c1-2-8-3-4-20-12(5-8)18-14-10-6-9(16)7-11(17)13(10)19-15(14)20/h3-7,19H,2H2,1H3. The number of pyridine rings is 1. The maximum atomic E-state index is 4.78. The Morgan fingerprint density at radius 2 is 2.10 bits per heavy atom. The highest BCUT2D eigenvalue weighted by Gasteiger charge is 2.13. The average Bonchev–Trinajstić information content (AvgIpc) is 2.95. The van der Waals surface area contributed by atoms with E-state index in [2.05, 4.69) is 72.6 Å². The molecule has 4 rings (SSSR count). The van der Waals surface area contributed by atoms with Gasteiger partial charge in [-0.15, -0.1) is 0 Å². The highest BCUT2D eigenvalue weighted by Crippen LogP contribution is 2.33. The van der Waals surface area contributed by atoms with Crippen molar-refractivity contribution in [3.05, 3.63) is 45.0 Å². The van der Waals surface area contributed by atoms with Crippen LogP contribution in [-0.2, 0) is 6.42 Å². The van der Waals surface area contributed by atoms with Gasteiger partial charge >= 0.3 is 0 Å². The van der Waals surface area contributed by atoms with Gasteiger partial charge < -0.3 is 4.98 Å². The van der Waals surface area contributed by atoms with E-state index in [4.69, 9.17) is 4.98 Å². The Bertz CT molecular complexity index is 966. The second-order valence-corrected chi connectivity index (χ2v) is 6.63. The fourth-order valence-electron chi connectivity index (χ4n) is 2.62.